The largest absolute Gasteiger partial charge is 0.463 e. The van der Waals surface area contributed by atoms with Gasteiger partial charge in [0.2, 0.25) is 0 Å². The number of hydrogen-bond acceptors (Lipinski definition) is 3. The molecule has 0 aliphatic carbocycles. The molecule has 4 heteroatoms. The Morgan fingerprint density at radius 1 is 1.42 bits per heavy atom. The fourth-order valence-electron chi connectivity index (χ4n) is 0.624. The number of alkyl halides is 1. The van der Waals surface area contributed by atoms with Crippen LogP contribution in [0, 0.1) is 5.92 Å². The van der Waals surface area contributed by atoms with Crippen LogP contribution in [0.15, 0.2) is 0 Å². The fourth-order valence-corrected chi connectivity index (χ4v) is 0.624. The van der Waals surface area contributed by atoms with Gasteiger partial charge in [-0.3, -0.25) is 4.79 Å². The minimum absolute atomic E-state index is 0.0879. The first-order chi connectivity index (χ1) is 5.50. The summed E-state index contributed by atoms with van der Waals surface area (Å²) in [5.74, 6) is -2.30. The molecule has 0 unspecified atom stereocenters. The molecular weight excluding hydrogens is 163 g/mol. The molecule has 70 valence electrons. The molecule has 0 spiro atoms. The molecule has 0 bridgehead atoms. The van der Waals surface area contributed by atoms with Crippen LogP contribution >= 0.6 is 0 Å². The van der Waals surface area contributed by atoms with E-state index in [9.17, 15) is 14.0 Å². The molecular formula is C8H13FO3. The molecule has 0 aromatic carbocycles. The molecule has 3 nitrogen and oxygen atoms in total. The van der Waals surface area contributed by atoms with Gasteiger partial charge in [-0.05, 0) is 6.92 Å². The van der Waals surface area contributed by atoms with Gasteiger partial charge in [0.1, 0.15) is 0 Å². The summed E-state index contributed by atoms with van der Waals surface area (Å²) in [5.41, 5.74) is 0. The van der Waals surface area contributed by atoms with Crippen molar-refractivity contribution in [3.05, 3.63) is 0 Å². The number of ether oxygens (including phenoxy) is 1. The molecule has 0 rings (SSSR count). The lowest BCUT2D eigenvalue weighted by atomic mass is 10.1. The SMILES string of the molecule is CCOC(=O)[C@H](F)C(=O)C(C)C. The number of carbonyl (C=O) groups excluding carboxylic acids is 2. The second-order valence-corrected chi connectivity index (χ2v) is 2.67. The smallest absolute Gasteiger partial charge is 0.348 e. The second-order valence-electron chi connectivity index (χ2n) is 2.67. The van der Waals surface area contributed by atoms with Crippen molar-refractivity contribution < 1.29 is 18.7 Å². The van der Waals surface area contributed by atoms with Crippen molar-refractivity contribution in [2.45, 2.75) is 26.9 Å². The lowest BCUT2D eigenvalue weighted by Gasteiger charge is -2.08. The van der Waals surface area contributed by atoms with Crippen molar-refractivity contribution in [3.8, 4) is 0 Å². The Morgan fingerprint density at radius 2 is 1.92 bits per heavy atom. The molecule has 12 heavy (non-hydrogen) atoms. The molecule has 1 atom stereocenters. The van der Waals surface area contributed by atoms with E-state index in [-0.39, 0.29) is 6.61 Å². The van der Waals surface area contributed by atoms with Gasteiger partial charge in [0.25, 0.3) is 6.17 Å². The van der Waals surface area contributed by atoms with Gasteiger partial charge in [-0.2, -0.15) is 0 Å². The minimum atomic E-state index is -2.12. The van der Waals surface area contributed by atoms with Crippen LogP contribution in [0.25, 0.3) is 0 Å². The highest BCUT2D eigenvalue weighted by Gasteiger charge is 2.28. The number of hydrogen-bond donors (Lipinski definition) is 0. The van der Waals surface area contributed by atoms with Crippen molar-refractivity contribution in [2.24, 2.45) is 5.92 Å². The molecule has 0 fully saturated rings. The third-order valence-electron chi connectivity index (χ3n) is 1.31. The number of carbonyl (C=O) groups is 2. The zero-order chi connectivity index (χ0) is 9.72. The molecule has 0 aliphatic heterocycles. The van der Waals surface area contributed by atoms with E-state index >= 15 is 0 Å². The highest BCUT2D eigenvalue weighted by Crippen LogP contribution is 2.05. The van der Waals surface area contributed by atoms with Crippen LogP contribution in [-0.2, 0) is 14.3 Å². The first-order valence-corrected chi connectivity index (χ1v) is 3.85. The predicted octanol–water partition coefficient (Wildman–Crippen LogP) is 1.11. The minimum Gasteiger partial charge on any atom is -0.463 e. The van der Waals surface area contributed by atoms with E-state index in [1.165, 1.54) is 13.8 Å². The average Bonchev–Trinajstić information content (AvgIpc) is 2.02. The highest BCUT2D eigenvalue weighted by atomic mass is 19.1. The van der Waals surface area contributed by atoms with Crippen LogP contribution in [0.3, 0.4) is 0 Å². The quantitative estimate of drug-likeness (QED) is 0.476. The molecule has 0 saturated carbocycles. The third-order valence-corrected chi connectivity index (χ3v) is 1.31. The van der Waals surface area contributed by atoms with Crippen LogP contribution in [0.4, 0.5) is 4.39 Å². The summed E-state index contributed by atoms with van der Waals surface area (Å²) in [5, 5.41) is 0. The highest BCUT2D eigenvalue weighted by molar-refractivity contribution is 6.02. The van der Waals surface area contributed by atoms with Crippen LogP contribution < -0.4 is 0 Å². The van der Waals surface area contributed by atoms with E-state index in [4.69, 9.17) is 0 Å². The number of halogens is 1. The Balaban J connectivity index is 4.10. The second kappa shape index (κ2) is 4.85. The maximum atomic E-state index is 12.8. The van der Waals surface area contributed by atoms with Gasteiger partial charge in [0.15, 0.2) is 5.78 Å². The Morgan fingerprint density at radius 3 is 2.25 bits per heavy atom. The molecule has 0 aromatic heterocycles. The van der Waals surface area contributed by atoms with Gasteiger partial charge >= 0.3 is 5.97 Å². The van der Waals surface area contributed by atoms with Gasteiger partial charge < -0.3 is 4.74 Å². The summed E-state index contributed by atoms with van der Waals surface area (Å²) < 4.78 is 17.1. The van der Waals surface area contributed by atoms with Gasteiger partial charge in [-0.15, -0.1) is 0 Å². The van der Waals surface area contributed by atoms with Gasteiger partial charge in [0.05, 0.1) is 6.61 Å². The predicted molar refractivity (Wildman–Crippen MR) is 41.4 cm³/mol. The van der Waals surface area contributed by atoms with E-state index in [0.717, 1.165) is 0 Å². The van der Waals surface area contributed by atoms with Crippen LogP contribution in [-0.4, -0.2) is 24.5 Å². The maximum absolute atomic E-state index is 12.8. The first-order valence-electron chi connectivity index (χ1n) is 3.85. The summed E-state index contributed by atoms with van der Waals surface area (Å²) in [6.45, 7) is 4.72. The van der Waals surface area contributed by atoms with E-state index in [1.54, 1.807) is 6.92 Å². The van der Waals surface area contributed by atoms with Crippen molar-refractivity contribution in [1.29, 1.82) is 0 Å². The monoisotopic (exact) mass is 176 g/mol. The van der Waals surface area contributed by atoms with Crippen molar-refractivity contribution in [2.75, 3.05) is 6.61 Å². The normalized spacial score (nSPS) is 12.8. The van der Waals surface area contributed by atoms with E-state index in [2.05, 4.69) is 4.74 Å². The van der Waals surface area contributed by atoms with Gasteiger partial charge in [0, 0.05) is 5.92 Å². The zero-order valence-corrected chi connectivity index (χ0v) is 7.46. The van der Waals surface area contributed by atoms with Crippen molar-refractivity contribution in [1.82, 2.24) is 0 Å². The molecule has 0 amide bonds. The molecule has 0 aromatic rings. The Labute approximate surface area is 70.9 Å². The standard InChI is InChI=1S/C8H13FO3/c1-4-12-8(11)6(9)7(10)5(2)3/h5-6H,4H2,1-3H3/t6-/m1/s1. The van der Waals surface area contributed by atoms with Crippen molar-refractivity contribution in [3.63, 3.8) is 0 Å². The summed E-state index contributed by atoms with van der Waals surface area (Å²) in [4.78, 5) is 21.6. The first kappa shape index (κ1) is 11.1. The summed E-state index contributed by atoms with van der Waals surface area (Å²) >= 11 is 0. The number of esters is 1. The maximum Gasteiger partial charge on any atom is 0.348 e. The molecule has 0 aliphatic rings. The summed E-state index contributed by atoms with van der Waals surface area (Å²) in [7, 11) is 0. The van der Waals surface area contributed by atoms with E-state index < -0.39 is 23.8 Å². The van der Waals surface area contributed by atoms with Crippen molar-refractivity contribution >= 4 is 11.8 Å². The topological polar surface area (TPSA) is 43.4 Å². The Hall–Kier alpha value is -0.930. The van der Waals surface area contributed by atoms with E-state index in [0.29, 0.717) is 0 Å². The average molecular weight is 176 g/mol. The van der Waals surface area contributed by atoms with Crippen LogP contribution in [0.5, 0.6) is 0 Å². The lowest BCUT2D eigenvalue weighted by molar-refractivity contribution is -0.153. The van der Waals surface area contributed by atoms with Crippen LogP contribution in [0.1, 0.15) is 20.8 Å². The van der Waals surface area contributed by atoms with Gasteiger partial charge in [-0.1, -0.05) is 13.8 Å². The molecule has 0 N–H and O–H groups in total. The zero-order valence-electron chi connectivity index (χ0n) is 7.46. The molecule has 0 saturated heterocycles. The van der Waals surface area contributed by atoms with Gasteiger partial charge in [-0.25, -0.2) is 9.18 Å². The van der Waals surface area contributed by atoms with E-state index in [1.807, 2.05) is 0 Å². The summed E-state index contributed by atoms with van der Waals surface area (Å²) in [6, 6.07) is 0. The molecule has 0 radical (unpaired) electrons. The lowest BCUT2D eigenvalue weighted by Crippen LogP contribution is -2.30. The molecule has 0 heterocycles. The third kappa shape index (κ3) is 2.98. The fraction of sp³-hybridized carbons (Fsp3) is 0.750. The number of ketones is 1. The number of rotatable bonds is 4. The Kier molecular flexibility index (Phi) is 4.47. The van der Waals surface area contributed by atoms with Crippen LogP contribution in [0.2, 0.25) is 0 Å². The Bertz CT molecular complexity index is 177. The number of Topliss-reactive ketones (excluding diaryl/α,β-unsaturated/α-hetero) is 1. The summed E-state index contributed by atoms with van der Waals surface area (Å²) in [6.07, 6.45) is -2.12.